The van der Waals surface area contributed by atoms with Crippen molar-refractivity contribution in [3.8, 4) is 0 Å². The van der Waals surface area contributed by atoms with Gasteiger partial charge in [-0.2, -0.15) is 0 Å². The minimum Gasteiger partial charge on any atom is -0.480 e. The number of hydrogen-bond acceptors (Lipinski definition) is 4. The van der Waals surface area contributed by atoms with E-state index < -0.39 is 16.9 Å². The number of nitro benzene ring substituents is 1. The van der Waals surface area contributed by atoms with Crippen LogP contribution in [0.15, 0.2) is 18.2 Å². The van der Waals surface area contributed by atoms with Crippen LogP contribution in [0.25, 0.3) is 0 Å². The molecule has 1 unspecified atom stereocenters. The van der Waals surface area contributed by atoms with Crippen LogP contribution in [-0.4, -0.2) is 33.5 Å². The first-order valence-electron chi connectivity index (χ1n) is 6.88. The number of rotatable bonds is 4. The molecule has 1 N–H and O–H groups in total. The predicted octanol–water partition coefficient (Wildman–Crippen LogP) is 3.08. The molecule has 1 aliphatic heterocycles. The fourth-order valence-electron chi connectivity index (χ4n) is 2.71. The first-order valence-corrected chi connectivity index (χ1v) is 7.26. The van der Waals surface area contributed by atoms with E-state index in [1.165, 1.54) is 12.1 Å². The molecule has 0 aliphatic carbocycles. The first kappa shape index (κ1) is 15.7. The largest absolute Gasteiger partial charge is 0.480 e. The summed E-state index contributed by atoms with van der Waals surface area (Å²) in [5.41, 5.74) is 0.438. The Morgan fingerprint density at radius 1 is 1.43 bits per heavy atom. The molecule has 6 nitrogen and oxygen atoms in total. The summed E-state index contributed by atoms with van der Waals surface area (Å²) in [7, 11) is 0. The minimum absolute atomic E-state index is 0.0206. The van der Waals surface area contributed by atoms with Crippen molar-refractivity contribution in [1.82, 2.24) is 4.90 Å². The van der Waals surface area contributed by atoms with Gasteiger partial charge in [-0.15, -0.1) is 0 Å². The molecule has 1 saturated heterocycles. The maximum Gasteiger partial charge on any atom is 0.320 e. The third-order valence-electron chi connectivity index (χ3n) is 3.76. The average molecular weight is 313 g/mol. The number of carboxylic acids is 1. The Labute approximate surface area is 127 Å². The monoisotopic (exact) mass is 312 g/mol. The van der Waals surface area contributed by atoms with Crippen LogP contribution in [0.2, 0.25) is 5.02 Å². The van der Waals surface area contributed by atoms with Crippen molar-refractivity contribution in [1.29, 1.82) is 0 Å². The molecule has 1 aromatic rings. The van der Waals surface area contributed by atoms with Gasteiger partial charge in [0.15, 0.2) is 0 Å². The summed E-state index contributed by atoms with van der Waals surface area (Å²) in [4.78, 5) is 23.8. The molecule has 1 atom stereocenters. The Kier molecular flexibility index (Phi) is 5.14. The van der Waals surface area contributed by atoms with Gasteiger partial charge in [0, 0.05) is 23.2 Å². The van der Waals surface area contributed by atoms with E-state index in [0.717, 1.165) is 19.3 Å². The van der Waals surface area contributed by atoms with E-state index in [-0.39, 0.29) is 12.2 Å². The molecule has 114 valence electrons. The highest BCUT2D eigenvalue weighted by molar-refractivity contribution is 6.30. The van der Waals surface area contributed by atoms with E-state index in [1.54, 1.807) is 11.0 Å². The zero-order chi connectivity index (χ0) is 15.4. The van der Waals surface area contributed by atoms with Gasteiger partial charge < -0.3 is 5.11 Å². The summed E-state index contributed by atoms with van der Waals surface area (Å²) >= 11 is 5.91. The van der Waals surface area contributed by atoms with Gasteiger partial charge in [0.2, 0.25) is 0 Å². The molecular weight excluding hydrogens is 296 g/mol. The van der Waals surface area contributed by atoms with E-state index in [4.69, 9.17) is 11.6 Å². The Hall–Kier alpha value is -1.66. The second-order valence-electron chi connectivity index (χ2n) is 5.20. The summed E-state index contributed by atoms with van der Waals surface area (Å²) in [6, 6.07) is 3.79. The lowest BCUT2D eigenvalue weighted by molar-refractivity contribution is -0.385. The van der Waals surface area contributed by atoms with Crippen molar-refractivity contribution < 1.29 is 14.8 Å². The summed E-state index contributed by atoms with van der Waals surface area (Å²) in [5, 5.41) is 20.8. The number of nitro groups is 1. The number of aliphatic carboxylic acids is 1. The lowest BCUT2D eigenvalue weighted by Crippen LogP contribution is -2.40. The molecule has 0 spiro atoms. The maximum atomic E-state index is 11.4. The van der Waals surface area contributed by atoms with Crippen molar-refractivity contribution >= 4 is 23.3 Å². The molecule has 1 fully saturated rings. The zero-order valence-electron chi connectivity index (χ0n) is 11.5. The number of carboxylic acid groups (broad SMARTS) is 1. The second-order valence-corrected chi connectivity index (χ2v) is 5.64. The number of halogens is 1. The van der Waals surface area contributed by atoms with Gasteiger partial charge in [0.1, 0.15) is 6.04 Å². The average Bonchev–Trinajstić information content (AvgIpc) is 2.64. The third kappa shape index (κ3) is 3.92. The van der Waals surface area contributed by atoms with Crippen LogP contribution in [-0.2, 0) is 11.3 Å². The molecule has 0 bridgehead atoms. The highest BCUT2D eigenvalue weighted by atomic mass is 35.5. The van der Waals surface area contributed by atoms with Crippen molar-refractivity contribution in [2.24, 2.45) is 0 Å². The SMILES string of the molecule is O=C(O)C1CCCCCN1Cc1cc(Cl)ccc1[N+](=O)[O-]. The van der Waals surface area contributed by atoms with Gasteiger partial charge in [-0.05, 0) is 31.5 Å². The normalized spacial score (nSPS) is 20.0. The van der Waals surface area contributed by atoms with Crippen LogP contribution >= 0.6 is 11.6 Å². The summed E-state index contributed by atoms with van der Waals surface area (Å²) in [6.07, 6.45) is 3.32. The molecule has 1 aromatic carbocycles. The lowest BCUT2D eigenvalue weighted by Gasteiger charge is -2.26. The molecule has 21 heavy (non-hydrogen) atoms. The molecule has 7 heteroatoms. The zero-order valence-corrected chi connectivity index (χ0v) is 12.3. The maximum absolute atomic E-state index is 11.4. The Morgan fingerprint density at radius 2 is 2.19 bits per heavy atom. The molecule has 0 amide bonds. The number of benzene rings is 1. The van der Waals surface area contributed by atoms with Crippen LogP contribution in [0.5, 0.6) is 0 Å². The van der Waals surface area contributed by atoms with Gasteiger partial charge in [0.25, 0.3) is 5.69 Å². The molecule has 1 heterocycles. The summed E-state index contributed by atoms with van der Waals surface area (Å²) in [6.45, 7) is 0.856. The van der Waals surface area contributed by atoms with Crippen LogP contribution < -0.4 is 0 Å². The van der Waals surface area contributed by atoms with E-state index >= 15 is 0 Å². The summed E-state index contributed by atoms with van der Waals surface area (Å²) in [5.74, 6) is -0.874. The number of carbonyl (C=O) groups is 1. The van der Waals surface area contributed by atoms with Crippen molar-refractivity contribution in [3.63, 3.8) is 0 Å². The molecule has 0 aromatic heterocycles. The fourth-order valence-corrected chi connectivity index (χ4v) is 2.91. The summed E-state index contributed by atoms with van der Waals surface area (Å²) < 4.78 is 0. The van der Waals surface area contributed by atoms with Crippen LogP contribution in [0, 0.1) is 10.1 Å². The molecular formula is C14H17ClN2O4. The highest BCUT2D eigenvalue weighted by Crippen LogP contribution is 2.27. The van der Waals surface area contributed by atoms with Gasteiger partial charge in [-0.25, -0.2) is 0 Å². The van der Waals surface area contributed by atoms with Gasteiger partial charge in [-0.1, -0.05) is 24.4 Å². The van der Waals surface area contributed by atoms with Crippen LogP contribution in [0.3, 0.4) is 0 Å². The van der Waals surface area contributed by atoms with Crippen molar-refractivity contribution in [2.75, 3.05) is 6.54 Å². The Bertz CT molecular complexity index is 550. The van der Waals surface area contributed by atoms with Crippen LogP contribution in [0.4, 0.5) is 5.69 Å². The van der Waals surface area contributed by atoms with Crippen LogP contribution in [0.1, 0.15) is 31.2 Å². The number of likely N-dealkylation sites (tertiary alicyclic amines) is 1. The third-order valence-corrected chi connectivity index (χ3v) is 4.00. The van der Waals surface area contributed by atoms with Crippen molar-refractivity contribution in [2.45, 2.75) is 38.3 Å². The minimum atomic E-state index is -0.874. The van der Waals surface area contributed by atoms with Crippen molar-refractivity contribution in [3.05, 3.63) is 38.9 Å². The van der Waals surface area contributed by atoms with E-state index in [1.807, 2.05) is 0 Å². The lowest BCUT2D eigenvalue weighted by atomic mass is 10.1. The van der Waals surface area contributed by atoms with E-state index in [9.17, 15) is 20.0 Å². The Balaban J connectivity index is 2.27. The van der Waals surface area contributed by atoms with E-state index in [2.05, 4.69) is 0 Å². The Morgan fingerprint density at radius 3 is 2.86 bits per heavy atom. The first-order chi connectivity index (χ1) is 9.99. The fraction of sp³-hybridized carbons (Fsp3) is 0.500. The quantitative estimate of drug-likeness (QED) is 0.682. The molecule has 2 rings (SSSR count). The smallest absolute Gasteiger partial charge is 0.320 e. The number of nitrogens with zero attached hydrogens (tertiary/aromatic N) is 2. The van der Waals surface area contributed by atoms with E-state index in [0.29, 0.717) is 23.6 Å². The molecule has 0 saturated carbocycles. The number of hydrogen-bond donors (Lipinski definition) is 1. The molecule has 0 radical (unpaired) electrons. The topological polar surface area (TPSA) is 83.7 Å². The van der Waals surface area contributed by atoms with Gasteiger partial charge in [-0.3, -0.25) is 19.8 Å². The predicted molar refractivity (Wildman–Crippen MR) is 78.4 cm³/mol. The highest BCUT2D eigenvalue weighted by Gasteiger charge is 2.28. The van der Waals surface area contributed by atoms with Gasteiger partial charge >= 0.3 is 5.97 Å². The standard InChI is InChI=1S/C14H17ClN2O4/c15-11-5-6-12(17(20)21)10(8-11)9-16-7-3-1-2-4-13(16)14(18)19/h5-6,8,13H,1-4,7,9H2,(H,18,19). The van der Waals surface area contributed by atoms with Gasteiger partial charge in [0.05, 0.1) is 4.92 Å². The molecule has 1 aliphatic rings. The second kappa shape index (κ2) is 6.87.